The molecule has 0 amide bonds. The lowest BCUT2D eigenvalue weighted by Crippen LogP contribution is -2.26. The van der Waals surface area contributed by atoms with Crippen molar-refractivity contribution in [2.24, 2.45) is 0 Å². The molecule has 0 saturated carbocycles. The van der Waals surface area contributed by atoms with Crippen LogP contribution in [0.2, 0.25) is 0 Å². The first-order valence-corrected chi connectivity index (χ1v) is 7.41. The fourth-order valence-electron chi connectivity index (χ4n) is 1.82. The number of aliphatic hydroxyl groups excluding tert-OH is 1. The van der Waals surface area contributed by atoms with Gasteiger partial charge < -0.3 is 15.2 Å². The van der Waals surface area contributed by atoms with Crippen molar-refractivity contribution in [2.45, 2.75) is 13.0 Å². The molecule has 2 N–H and O–H groups in total. The normalized spacial score (nSPS) is 12.0. The minimum Gasteiger partial charge on any atom is -0.491 e. The molecule has 21 heavy (non-hydrogen) atoms. The summed E-state index contributed by atoms with van der Waals surface area (Å²) in [6, 6.07) is 12.0. The zero-order valence-corrected chi connectivity index (χ0v) is 13.2. The van der Waals surface area contributed by atoms with Crippen molar-refractivity contribution < 1.29 is 14.2 Å². The standard InChI is InChI=1S/C16H17BrFNO2/c1-11-4-2-3-5-16(11)21-10-13(20)9-19-15-7-6-12(18)8-14(15)17/h2-8,13,19-20H,9-10H2,1H3. The summed E-state index contributed by atoms with van der Waals surface area (Å²) < 4.78 is 19.2. The summed E-state index contributed by atoms with van der Waals surface area (Å²) >= 11 is 3.27. The molecule has 0 aromatic heterocycles. The molecule has 0 spiro atoms. The molecule has 1 unspecified atom stereocenters. The number of nitrogens with one attached hydrogen (secondary N) is 1. The third-order valence-electron chi connectivity index (χ3n) is 2.98. The Morgan fingerprint density at radius 2 is 2.05 bits per heavy atom. The predicted molar refractivity (Wildman–Crippen MR) is 85.3 cm³/mol. The minimum atomic E-state index is -0.665. The Morgan fingerprint density at radius 3 is 2.76 bits per heavy atom. The third-order valence-corrected chi connectivity index (χ3v) is 3.64. The van der Waals surface area contributed by atoms with Crippen molar-refractivity contribution in [2.75, 3.05) is 18.5 Å². The van der Waals surface area contributed by atoms with Crippen molar-refractivity contribution in [1.82, 2.24) is 0 Å². The number of aryl methyl sites for hydroxylation is 1. The fraction of sp³-hybridized carbons (Fsp3) is 0.250. The fourth-order valence-corrected chi connectivity index (χ4v) is 2.31. The average molecular weight is 354 g/mol. The molecule has 0 saturated heterocycles. The second-order valence-corrected chi connectivity index (χ2v) is 5.59. The number of aliphatic hydroxyl groups is 1. The van der Waals surface area contributed by atoms with Gasteiger partial charge in [-0.05, 0) is 52.7 Å². The lowest BCUT2D eigenvalue weighted by molar-refractivity contribution is 0.117. The van der Waals surface area contributed by atoms with Gasteiger partial charge >= 0.3 is 0 Å². The van der Waals surface area contributed by atoms with Crippen LogP contribution in [0.1, 0.15) is 5.56 Å². The lowest BCUT2D eigenvalue weighted by Gasteiger charge is -2.15. The van der Waals surface area contributed by atoms with Crippen LogP contribution < -0.4 is 10.1 Å². The quantitative estimate of drug-likeness (QED) is 0.830. The van der Waals surface area contributed by atoms with Crippen molar-refractivity contribution in [3.63, 3.8) is 0 Å². The molecule has 2 rings (SSSR count). The maximum absolute atomic E-state index is 13.0. The van der Waals surface area contributed by atoms with Gasteiger partial charge in [-0.15, -0.1) is 0 Å². The number of benzene rings is 2. The molecule has 0 aliphatic heterocycles. The van der Waals surface area contributed by atoms with Gasteiger partial charge in [0.25, 0.3) is 0 Å². The first kappa shape index (κ1) is 15.8. The molecular weight excluding hydrogens is 337 g/mol. The molecule has 0 bridgehead atoms. The molecule has 112 valence electrons. The molecule has 3 nitrogen and oxygen atoms in total. The molecular formula is C16H17BrFNO2. The van der Waals surface area contributed by atoms with Crippen LogP contribution in [0, 0.1) is 12.7 Å². The largest absolute Gasteiger partial charge is 0.491 e. The van der Waals surface area contributed by atoms with E-state index >= 15 is 0 Å². The van der Waals surface area contributed by atoms with Crippen LogP contribution in [-0.4, -0.2) is 24.4 Å². The van der Waals surface area contributed by atoms with E-state index in [0.29, 0.717) is 11.0 Å². The van der Waals surface area contributed by atoms with E-state index in [0.717, 1.165) is 17.0 Å². The summed E-state index contributed by atoms with van der Waals surface area (Å²) in [6.45, 7) is 2.46. The topological polar surface area (TPSA) is 41.5 Å². The van der Waals surface area contributed by atoms with E-state index in [1.165, 1.54) is 12.1 Å². The number of ether oxygens (including phenoxy) is 1. The highest BCUT2D eigenvalue weighted by atomic mass is 79.9. The minimum absolute atomic E-state index is 0.191. The molecule has 1 atom stereocenters. The van der Waals surface area contributed by atoms with E-state index in [-0.39, 0.29) is 12.4 Å². The van der Waals surface area contributed by atoms with Crippen LogP contribution in [0.5, 0.6) is 5.75 Å². The smallest absolute Gasteiger partial charge is 0.124 e. The van der Waals surface area contributed by atoms with Crippen molar-refractivity contribution in [3.8, 4) is 5.75 Å². The predicted octanol–water partition coefficient (Wildman–Crippen LogP) is 3.75. The monoisotopic (exact) mass is 353 g/mol. The van der Waals surface area contributed by atoms with Gasteiger partial charge in [-0.2, -0.15) is 0 Å². The summed E-state index contributed by atoms with van der Waals surface area (Å²) in [5.74, 6) is 0.454. The lowest BCUT2D eigenvalue weighted by atomic mass is 10.2. The highest BCUT2D eigenvalue weighted by molar-refractivity contribution is 9.10. The second-order valence-electron chi connectivity index (χ2n) is 4.74. The van der Waals surface area contributed by atoms with Crippen LogP contribution in [0.4, 0.5) is 10.1 Å². The van der Waals surface area contributed by atoms with Crippen LogP contribution in [0.25, 0.3) is 0 Å². The van der Waals surface area contributed by atoms with Gasteiger partial charge in [0.15, 0.2) is 0 Å². The Bertz CT molecular complexity index is 607. The van der Waals surface area contributed by atoms with E-state index in [9.17, 15) is 9.50 Å². The molecule has 0 aliphatic carbocycles. The van der Waals surface area contributed by atoms with E-state index in [1.54, 1.807) is 6.07 Å². The summed E-state index contributed by atoms with van der Waals surface area (Å²) in [6.07, 6.45) is -0.665. The highest BCUT2D eigenvalue weighted by Gasteiger charge is 2.08. The van der Waals surface area contributed by atoms with Gasteiger partial charge in [-0.3, -0.25) is 0 Å². The Balaban J connectivity index is 1.82. The second kappa shape index (κ2) is 7.43. The first-order valence-electron chi connectivity index (χ1n) is 6.61. The van der Waals surface area contributed by atoms with Crippen molar-refractivity contribution >= 4 is 21.6 Å². The van der Waals surface area contributed by atoms with Gasteiger partial charge in [0, 0.05) is 16.7 Å². The first-order chi connectivity index (χ1) is 10.1. The molecule has 0 heterocycles. The number of anilines is 1. The summed E-state index contributed by atoms with van der Waals surface area (Å²) in [7, 11) is 0. The molecule has 0 fully saturated rings. The molecule has 0 radical (unpaired) electrons. The van der Waals surface area contributed by atoms with E-state index in [1.807, 2.05) is 31.2 Å². The van der Waals surface area contributed by atoms with Crippen molar-refractivity contribution in [3.05, 3.63) is 58.3 Å². The van der Waals surface area contributed by atoms with Gasteiger partial charge in [-0.25, -0.2) is 4.39 Å². The summed E-state index contributed by atoms with van der Waals surface area (Å²) in [5, 5.41) is 13.0. The van der Waals surface area contributed by atoms with Gasteiger partial charge in [0.2, 0.25) is 0 Å². The molecule has 0 aliphatic rings. The Labute approximate surface area is 131 Å². The zero-order valence-electron chi connectivity index (χ0n) is 11.6. The van der Waals surface area contributed by atoms with Gasteiger partial charge in [-0.1, -0.05) is 18.2 Å². The number of hydrogen-bond acceptors (Lipinski definition) is 3. The average Bonchev–Trinajstić information content (AvgIpc) is 2.45. The number of halogens is 2. The van der Waals surface area contributed by atoms with E-state index in [4.69, 9.17) is 4.74 Å². The Kier molecular flexibility index (Phi) is 5.59. The maximum Gasteiger partial charge on any atom is 0.124 e. The van der Waals surface area contributed by atoms with E-state index in [2.05, 4.69) is 21.2 Å². The number of hydrogen-bond donors (Lipinski definition) is 2. The van der Waals surface area contributed by atoms with Crippen LogP contribution in [-0.2, 0) is 0 Å². The third kappa shape index (κ3) is 4.72. The highest BCUT2D eigenvalue weighted by Crippen LogP contribution is 2.23. The molecule has 2 aromatic carbocycles. The van der Waals surface area contributed by atoms with Crippen LogP contribution in [0.15, 0.2) is 46.9 Å². The van der Waals surface area contributed by atoms with Crippen LogP contribution >= 0.6 is 15.9 Å². The molecule has 5 heteroatoms. The zero-order chi connectivity index (χ0) is 15.2. The van der Waals surface area contributed by atoms with Gasteiger partial charge in [0.1, 0.15) is 24.3 Å². The Hall–Kier alpha value is -1.59. The van der Waals surface area contributed by atoms with Crippen LogP contribution in [0.3, 0.4) is 0 Å². The summed E-state index contributed by atoms with van der Waals surface area (Å²) in [4.78, 5) is 0. The molecule has 2 aromatic rings. The number of para-hydroxylation sites is 1. The van der Waals surface area contributed by atoms with E-state index < -0.39 is 6.10 Å². The SMILES string of the molecule is Cc1ccccc1OCC(O)CNc1ccc(F)cc1Br. The number of rotatable bonds is 6. The summed E-state index contributed by atoms with van der Waals surface area (Å²) in [5.41, 5.74) is 1.75. The van der Waals surface area contributed by atoms with Gasteiger partial charge in [0.05, 0.1) is 0 Å². The maximum atomic E-state index is 13.0. The van der Waals surface area contributed by atoms with Crippen molar-refractivity contribution in [1.29, 1.82) is 0 Å². The Morgan fingerprint density at radius 1 is 1.29 bits per heavy atom.